The maximum Gasteiger partial charge on any atom is 0.223 e. The first-order valence-electron chi connectivity index (χ1n) is 6.41. The number of hydrogen-bond acceptors (Lipinski definition) is 6. The number of hydrogen-bond donors (Lipinski definition) is 2. The lowest BCUT2D eigenvalue weighted by Crippen LogP contribution is -2.51. The lowest BCUT2D eigenvalue weighted by molar-refractivity contribution is 0.213. The van der Waals surface area contributed by atoms with Gasteiger partial charge in [0.2, 0.25) is 5.95 Å². The molecule has 1 aliphatic rings. The monoisotopic (exact) mass is 250 g/mol. The van der Waals surface area contributed by atoms with Crippen molar-refractivity contribution < 1.29 is 0 Å². The van der Waals surface area contributed by atoms with Crippen molar-refractivity contribution in [2.45, 2.75) is 19.4 Å². The summed E-state index contributed by atoms with van der Waals surface area (Å²) < 4.78 is 0. The highest BCUT2D eigenvalue weighted by molar-refractivity contribution is 5.52. The summed E-state index contributed by atoms with van der Waals surface area (Å²) in [4.78, 5) is 13.1. The molecule has 0 spiro atoms. The van der Waals surface area contributed by atoms with Gasteiger partial charge in [-0.05, 0) is 13.5 Å². The van der Waals surface area contributed by atoms with Crippen LogP contribution in [0.2, 0.25) is 0 Å². The minimum atomic E-state index is 0.323. The molecule has 6 nitrogen and oxygen atoms in total. The smallest absolute Gasteiger partial charge is 0.223 e. The number of likely N-dealkylation sites (N-methyl/N-ethyl adjacent to an activating group) is 1. The largest absolute Gasteiger partial charge is 0.373 e. The zero-order chi connectivity index (χ0) is 13.1. The van der Waals surface area contributed by atoms with E-state index in [0.29, 0.717) is 12.0 Å². The first-order valence-corrected chi connectivity index (χ1v) is 6.41. The molecule has 6 heteroatoms. The van der Waals surface area contributed by atoms with Crippen LogP contribution in [0.15, 0.2) is 6.07 Å². The zero-order valence-corrected chi connectivity index (χ0v) is 11.3. The topological polar surface area (TPSA) is 70.3 Å². The van der Waals surface area contributed by atoms with Crippen LogP contribution < -0.4 is 16.0 Å². The lowest BCUT2D eigenvalue weighted by atomic mass is 10.1. The van der Waals surface area contributed by atoms with Crippen molar-refractivity contribution in [2.75, 3.05) is 49.7 Å². The van der Waals surface area contributed by atoms with Gasteiger partial charge in [0.25, 0.3) is 0 Å². The summed E-state index contributed by atoms with van der Waals surface area (Å²) in [5.74, 6) is 2.01. The van der Waals surface area contributed by atoms with E-state index in [9.17, 15) is 0 Å². The fraction of sp³-hybridized carbons (Fsp3) is 0.667. The number of nitrogens with zero attached hydrogens (tertiary/aromatic N) is 4. The summed E-state index contributed by atoms with van der Waals surface area (Å²) in [6, 6.07) is 2.53. The van der Waals surface area contributed by atoms with Crippen molar-refractivity contribution in [3.05, 3.63) is 6.07 Å². The summed E-state index contributed by atoms with van der Waals surface area (Å²) in [5, 5.41) is 3.01. The van der Waals surface area contributed by atoms with Crippen molar-refractivity contribution in [2.24, 2.45) is 0 Å². The van der Waals surface area contributed by atoms with E-state index < -0.39 is 0 Å². The van der Waals surface area contributed by atoms with E-state index in [1.807, 2.05) is 13.1 Å². The summed E-state index contributed by atoms with van der Waals surface area (Å²) >= 11 is 0. The molecule has 1 unspecified atom stereocenters. The van der Waals surface area contributed by atoms with Crippen LogP contribution in [0.5, 0.6) is 0 Å². The molecule has 0 bridgehead atoms. The Balaban J connectivity index is 2.18. The molecule has 1 aromatic heterocycles. The predicted molar refractivity (Wildman–Crippen MR) is 74.9 cm³/mol. The van der Waals surface area contributed by atoms with Crippen LogP contribution in [0.1, 0.15) is 13.3 Å². The molecule has 0 saturated carbocycles. The van der Waals surface area contributed by atoms with E-state index in [-0.39, 0.29) is 0 Å². The zero-order valence-electron chi connectivity index (χ0n) is 11.3. The first kappa shape index (κ1) is 12.9. The Kier molecular flexibility index (Phi) is 3.86. The third kappa shape index (κ3) is 2.64. The number of nitrogens with one attached hydrogen (secondary N) is 1. The molecule has 2 heterocycles. The number of nitrogen functional groups attached to an aromatic ring is 1. The number of rotatable bonds is 3. The van der Waals surface area contributed by atoms with Gasteiger partial charge >= 0.3 is 0 Å². The van der Waals surface area contributed by atoms with Gasteiger partial charge in [0.15, 0.2) is 0 Å². The van der Waals surface area contributed by atoms with Gasteiger partial charge in [-0.2, -0.15) is 9.97 Å². The van der Waals surface area contributed by atoms with Gasteiger partial charge in [-0.15, -0.1) is 0 Å². The molecule has 1 aliphatic heterocycles. The van der Waals surface area contributed by atoms with Crippen molar-refractivity contribution >= 4 is 17.6 Å². The van der Waals surface area contributed by atoms with Crippen molar-refractivity contribution in [1.82, 2.24) is 14.9 Å². The van der Waals surface area contributed by atoms with E-state index in [1.165, 1.54) is 0 Å². The molecule has 0 aromatic carbocycles. The van der Waals surface area contributed by atoms with Crippen molar-refractivity contribution in [3.8, 4) is 0 Å². The third-order valence-electron chi connectivity index (χ3n) is 3.56. The van der Waals surface area contributed by atoms with Crippen LogP contribution in [0.3, 0.4) is 0 Å². The molecule has 1 saturated heterocycles. The minimum absolute atomic E-state index is 0.323. The SMILES string of the molecule is CCC1CN(c2cc(NC)nc(N)n2)CCN1C. The molecule has 1 fully saturated rings. The van der Waals surface area contributed by atoms with E-state index in [2.05, 4.69) is 39.1 Å². The number of aromatic nitrogens is 2. The van der Waals surface area contributed by atoms with Crippen LogP contribution >= 0.6 is 0 Å². The van der Waals surface area contributed by atoms with Crippen molar-refractivity contribution in [1.29, 1.82) is 0 Å². The summed E-state index contributed by atoms with van der Waals surface area (Å²) in [6.07, 6.45) is 1.15. The minimum Gasteiger partial charge on any atom is -0.373 e. The van der Waals surface area contributed by atoms with Gasteiger partial charge < -0.3 is 16.0 Å². The maximum atomic E-state index is 5.74. The molecule has 1 aromatic rings. The fourth-order valence-corrected chi connectivity index (χ4v) is 2.34. The number of nitrogens with two attached hydrogens (primary N) is 1. The highest BCUT2D eigenvalue weighted by Crippen LogP contribution is 2.20. The molecule has 0 radical (unpaired) electrons. The number of anilines is 3. The summed E-state index contributed by atoms with van der Waals surface area (Å²) in [6.45, 7) is 5.24. The second kappa shape index (κ2) is 5.39. The quantitative estimate of drug-likeness (QED) is 0.820. The molecule has 0 aliphatic carbocycles. The van der Waals surface area contributed by atoms with Gasteiger partial charge in [0.1, 0.15) is 11.6 Å². The van der Waals surface area contributed by atoms with E-state index in [4.69, 9.17) is 5.73 Å². The van der Waals surface area contributed by atoms with Gasteiger partial charge in [-0.1, -0.05) is 6.92 Å². The van der Waals surface area contributed by atoms with E-state index in [0.717, 1.165) is 37.7 Å². The Labute approximate surface area is 108 Å². The highest BCUT2D eigenvalue weighted by Gasteiger charge is 2.24. The van der Waals surface area contributed by atoms with Crippen LogP contribution in [0, 0.1) is 0 Å². The maximum absolute atomic E-state index is 5.74. The molecule has 1 atom stereocenters. The first-order chi connectivity index (χ1) is 8.63. The third-order valence-corrected chi connectivity index (χ3v) is 3.56. The number of piperazine rings is 1. The Hall–Kier alpha value is -1.56. The standard InChI is InChI=1S/C12H22N6/c1-4-9-8-18(6-5-17(9)3)11-7-10(14-2)15-12(13)16-11/h7,9H,4-6,8H2,1-3H3,(H3,13,14,15,16). The summed E-state index contributed by atoms with van der Waals surface area (Å²) in [5.41, 5.74) is 5.74. The Morgan fingerprint density at radius 1 is 1.44 bits per heavy atom. The highest BCUT2D eigenvalue weighted by atomic mass is 15.3. The van der Waals surface area contributed by atoms with E-state index in [1.54, 1.807) is 0 Å². The lowest BCUT2D eigenvalue weighted by Gasteiger charge is -2.39. The van der Waals surface area contributed by atoms with Crippen LogP contribution in [0.4, 0.5) is 17.6 Å². The predicted octanol–water partition coefficient (Wildman–Crippen LogP) is 0.631. The van der Waals surface area contributed by atoms with Crippen molar-refractivity contribution in [3.63, 3.8) is 0 Å². The normalized spacial score (nSPS) is 21.1. The molecular weight excluding hydrogens is 228 g/mol. The van der Waals surface area contributed by atoms with E-state index >= 15 is 0 Å². The fourth-order valence-electron chi connectivity index (χ4n) is 2.34. The average molecular weight is 250 g/mol. The molecular formula is C12H22N6. The van der Waals surface area contributed by atoms with Gasteiger partial charge in [0, 0.05) is 38.8 Å². The van der Waals surface area contributed by atoms with Gasteiger partial charge in [0.05, 0.1) is 0 Å². The Morgan fingerprint density at radius 3 is 2.89 bits per heavy atom. The molecule has 100 valence electrons. The molecule has 3 N–H and O–H groups in total. The molecule has 0 amide bonds. The Morgan fingerprint density at radius 2 is 2.22 bits per heavy atom. The van der Waals surface area contributed by atoms with Crippen LogP contribution in [-0.2, 0) is 0 Å². The van der Waals surface area contributed by atoms with Gasteiger partial charge in [-0.25, -0.2) is 0 Å². The van der Waals surface area contributed by atoms with Crippen LogP contribution in [-0.4, -0.2) is 54.6 Å². The Bertz CT molecular complexity index is 408. The molecule has 2 rings (SSSR count). The second-order valence-corrected chi connectivity index (χ2v) is 4.71. The second-order valence-electron chi connectivity index (χ2n) is 4.71. The summed E-state index contributed by atoms with van der Waals surface area (Å²) in [7, 11) is 4.02. The molecule has 18 heavy (non-hydrogen) atoms. The average Bonchev–Trinajstić information content (AvgIpc) is 2.38. The van der Waals surface area contributed by atoms with Gasteiger partial charge in [-0.3, -0.25) is 4.90 Å². The van der Waals surface area contributed by atoms with Crippen LogP contribution in [0.25, 0.3) is 0 Å².